The van der Waals surface area contributed by atoms with E-state index in [4.69, 9.17) is 0 Å². The minimum absolute atomic E-state index is 0.123. The lowest BCUT2D eigenvalue weighted by Gasteiger charge is -2.44. The minimum atomic E-state index is -0.914. The molecule has 0 radical (unpaired) electrons. The third kappa shape index (κ3) is 4.32. The highest BCUT2D eigenvalue weighted by Crippen LogP contribution is 2.38. The highest BCUT2D eigenvalue weighted by Gasteiger charge is 2.45. The first-order chi connectivity index (χ1) is 14.8. The standard InChI is InChI=1S/C24H36N4O3/c1-24(2,3)21-18(13-14-28(21)23(30)31)25-22(29)27-16-15-26(17-9-5-4-6-10-17)19-11-7-8-12-20(19)27/h7-8,11-12,17-18,21H,4-6,9-10,13-16H2,1-3H3,(H,25,29)(H,30,31). The molecule has 31 heavy (non-hydrogen) atoms. The Labute approximate surface area is 185 Å². The van der Waals surface area contributed by atoms with E-state index in [-0.39, 0.29) is 23.5 Å². The Kier molecular flexibility index (Phi) is 6.04. The predicted octanol–water partition coefficient (Wildman–Crippen LogP) is 4.52. The van der Waals surface area contributed by atoms with Crippen molar-refractivity contribution < 1.29 is 14.7 Å². The van der Waals surface area contributed by atoms with Gasteiger partial charge in [0.2, 0.25) is 0 Å². The van der Waals surface area contributed by atoms with E-state index in [2.05, 4.69) is 16.3 Å². The zero-order valence-electron chi connectivity index (χ0n) is 19.0. The lowest BCUT2D eigenvalue weighted by Crippen LogP contribution is -2.57. The number of para-hydroxylation sites is 2. The summed E-state index contributed by atoms with van der Waals surface area (Å²) in [7, 11) is 0. The second kappa shape index (κ2) is 8.60. The van der Waals surface area contributed by atoms with Gasteiger partial charge in [0.1, 0.15) is 0 Å². The van der Waals surface area contributed by atoms with Crippen LogP contribution in [0.3, 0.4) is 0 Å². The predicted molar refractivity (Wildman–Crippen MR) is 123 cm³/mol. The lowest BCUT2D eigenvalue weighted by atomic mass is 9.82. The van der Waals surface area contributed by atoms with Crippen LogP contribution >= 0.6 is 0 Å². The van der Waals surface area contributed by atoms with Crippen LogP contribution in [0, 0.1) is 5.41 Å². The summed E-state index contributed by atoms with van der Waals surface area (Å²) in [6, 6.07) is 8.20. The van der Waals surface area contributed by atoms with E-state index in [1.165, 1.54) is 37.0 Å². The van der Waals surface area contributed by atoms with Crippen molar-refractivity contribution in [2.75, 3.05) is 29.4 Å². The van der Waals surface area contributed by atoms with Crippen LogP contribution in [0.15, 0.2) is 24.3 Å². The van der Waals surface area contributed by atoms with E-state index in [0.29, 0.717) is 25.6 Å². The molecule has 170 valence electrons. The first-order valence-corrected chi connectivity index (χ1v) is 11.7. The molecular formula is C24H36N4O3. The molecule has 2 unspecified atom stereocenters. The molecule has 0 spiro atoms. The Bertz CT molecular complexity index is 815. The van der Waals surface area contributed by atoms with E-state index in [1.54, 1.807) is 0 Å². The van der Waals surface area contributed by atoms with Crippen LogP contribution in [-0.4, -0.2) is 59.9 Å². The molecule has 3 amide bonds. The summed E-state index contributed by atoms with van der Waals surface area (Å²) < 4.78 is 0. The normalized spacial score (nSPS) is 24.8. The second-order valence-corrected chi connectivity index (χ2v) is 10.3. The molecule has 2 heterocycles. The number of rotatable bonds is 2. The maximum absolute atomic E-state index is 13.4. The summed E-state index contributed by atoms with van der Waals surface area (Å²) >= 11 is 0. The molecule has 2 aliphatic heterocycles. The Balaban J connectivity index is 1.52. The Morgan fingerprint density at radius 2 is 1.65 bits per heavy atom. The fourth-order valence-electron chi connectivity index (χ4n) is 5.83. The smallest absolute Gasteiger partial charge is 0.407 e. The average Bonchev–Trinajstić information content (AvgIpc) is 3.18. The highest BCUT2D eigenvalue weighted by atomic mass is 16.4. The molecule has 1 saturated heterocycles. The number of likely N-dealkylation sites (tertiary alicyclic amines) is 1. The van der Waals surface area contributed by atoms with Gasteiger partial charge in [0.05, 0.1) is 23.5 Å². The van der Waals surface area contributed by atoms with Gasteiger partial charge >= 0.3 is 12.1 Å². The summed E-state index contributed by atoms with van der Waals surface area (Å²) in [5, 5.41) is 12.8. The van der Waals surface area contributed by atoms with E-state index in [1.807, 2.05) is 43.9 Å². The van der Waals surface area contributed by atoms with Gasteiger partial charge in [-0.3, -0.25) is 4.90 Å². The molecule has 2 atom stereocenters. The van der Waals surface area contributed by atoms with Crippen molar-refractivity contribution in [1.82, 2.24) is 10.2 Å². The van der Waals surface area contributed by atoms with Gasteiger partial charge < -0.3 is 20.2 Å². The first kappa shape index (κ1) is 21.8. The van der Waals surface area contributed by atoms with Crippen LogP contribution in [0.5, 0.6) is 0 Å². The van der Waals surface area contributed by atoms with Gasteiger partial charge in [0.15, 0.2) is 0 Å². The van der Waals surface area contributed by atoms with Gasteiger partial charge in [-0.1, -0.05) is 52.2 Å². The molecule has 1 aliphatic carbocycles. The molecule has 0 aromatic heterocycles. The molecule has 0 bridgehead atoms. The third-order valence-corrected chi connectivity index (χ3v) is 7.15. The molecule has 7 nitrogen and oxygen atoms in total. The number of fused-ring (bicyclic) bond motifs is 1. The zero-order valence-corrected chi connectivity index (χ0v) is 19.0. The van der Waals surface area contributed by atoms with Gasteiger partial charge in [0.25, 0.3) is 0 Å². The summed E-state index contributed by atoms with van der Waals surface area (Å²) in [5.74, 6) is 0. The van der Waals surface area contributed by atoms with Gasteiger partial charge in [0, 0.05) is 25.7 Å². The SMILES string of the molecule is CC(C)(C)C1C(NC(=O)N2CCN(C3CCCCC3)c3ccccc32)CCN1C(=O)O. The third-order valence-electron chi connectivity index (χ3n) is 7.15. The monoisotopic (exact) mass is 428 g/mol. The molecule has 3 aliphatic rings. The number of carbonyl (C=O) groups is 2. The minimum Gasteiger partial charge on any atom is -0.465 e. The number of amides is 3. The summed E-state index contributed by atoms with van der Waals surface area (Å²) in [6.07, 6.45) is 6.06. The number of hydrogen-bond donors (Lipinski definition) is 2. The van der Waals surface area contributed by atoms with Crippen molar-refractivity contribution in [2.24, 2.45) is 5.41 Å². The van der Waals surface area contributed by atoms with E-state index >= 15 is 0 Å². The summed E-state index contributed by atoms with van der Waals surface area (Å²) in [6.45, 7) is 8.05. The maximum Gasteiger partial charge on any atom is 0.407 e. The van der Waals surface area contributed by atoms with Crippen molar-refractivity contribution in [3.8, 4) is 0 Å². The van der Waals surface area contributed by atoms with Crippen LogP contribution in [0.4, 0.5) is 21.0 Å². The molecule has 2 N–H and O–H groups in total. The van der Waals surface area contributed by atoms with Crippen molar-refractivity contribution in [3.05, 3.63) is 24.3 Å². The number of hydrogen-bond acceptors (Lipinski definition) is 3. The number of carbonyl (C=O) groups excluding carboxylic acids is 1. The number of nitrogens with one attached hydrogen (secondary N) is 1. The zero-order chi connectivity index (χ0) is 22.2. The molecule has 1 saturated carbocycles. The van der Waals surface area contributed by atoms with Crippen molar-refractivity contribution in [1.29, 1.82) is 0 Å². The van der Waals surface area contributed by atoms with Gasteiger partial charge in [-0.15, -0.1) is 0 Å². The second-order valence-electron chi connectivity index (χ2n) is 10.3. The lowest BCUT2D eigenvalue weighted by molar-refractivity contribution is 0.0982. The number of nitrogens with zero attached hydrogens (tertiary/aromatic N) is 3. The van der Waals surface area contributed by atoms with E-state index in [9.17, 15) is 14.7 Å². The number of anilines is 2. The molecule has 1 aromatic rings. The number of benzene rings is 1. The van der Waals surface area contributed by atoms with Crippen molar-refractivity contribution in [3.63, 3.8) is 0 Å². The van der Waals surface area contributed by atoms with Gasteiger partial charge in [-0.2, -0.15) is 0 Å². The molecule has 7 heteroatoms. The average molecular weight is 429 g/mol. The summed E-state index contributed by atoms with van der Waals surface area (Å²) in [4.78, 5) is 30.9. The quantitative estimate of drug-likeness (QED) is 0.726. The van der Waals surface area contributed by atoms with Crippen LogP contribution in [-0.2, 0) is 0 Å². The van der Waals surface area contributed by atoms with E-state index in [0.717, 1.165) is 17.9 Å². The fourth-order valence-corrected chi connectivity index (χ4v) is 5.83. The first-order valence-electron chi connectivity index (χ1n) is 11.7. The molecule has 2 fully saturated rings. The maximum atomic E-state index is 13.4. The topological polar surface area (TPSA) is 76.1 Å². The van der Waals surface area contributed by atoms with Crippen molar-refractivity contribution in [2.45, 2.75) is 77.4 Å². The molecule has 1 aromatic carbocycles. The van der Waals surface area contributed by atoms with Crippen LogP contribution < -0.4 is 15.1 Å². The van der Waals surface area contributed by atoms with Crippen LogP contribution in [0.2, 0.25) is 0 Å². The summed E-state index contributed by atoms with van der Waals surface area (Å²) in [5.41, 5.74) is 1.84. The highest BCUT2D eigenvalue weighted by molar-refractivity contribution is 5.97. The van der Waals surface area contributed by atoms with Crippen molar-refractivity contribution >= 4 is 23.5 Å². The Morgan fingerprint density at radius 1 is 0.968 bits per heavy atom. The van der Waals surface area contributed by atoms with Gasteiger partial charge in [-0.25, -0.2) is 9.59 Å². The Morgan fingerprint density at radius 3 is 2.29 bits per heavy atom. The largest absolute Gasteiger partial charge is 0.465 e. The molecule has 4 rings (SSSR count). The Hall–Kier alpha value is -2.44. The molecular weight excluding hydrogens is 392 g/mol. The number of carboxylic acid groups (broad SMARTS) is 1. The van der Waals surface area contributed by atoms with Crippen LogP contribution in [0.25, 0.3) is 0 Å². The van der Waals surface area contributed by atoms with E-state index < -0.39 is 6.09 Å². The fraction of sp³-hybridized carbons (Fsp3) is 0.667. The van der Waals surface area contributed by atoms with Gasteiger partial charge in [-0.05, 0) is 36.8 Å². The van der Waals surface area contributed by atoms with Crippen LogP contribution in [0.1, 0.15) is 59.3 Å². The number of urea groups is 1.